The van der Waals surface area contributed by atoms with Crippen LogP contribution >= 0.6 is 0 Å². The Hall–Kier alpha value is -1.87. The van der Waals surface area contributed by atoms with Crippen LogP contribution < -0.4 is 11.5 Å². The van der Waals surface area contributed by atoms with E-state index in [0.29, 0.717) is 37.6 Å². The van der Waals surface area contributed by atoms with E-state index in [9.17, 15) is 19.5 Å². The molecule has 1 saturated heterocycles. The van der Waals surface area contributed by atoms with Crippen molar-refractivity contribution >= 4 is 18.0 Å². The van der Waals surface area contributed by atoms with Gasteiger partial charge in [0.15, 0.2) is 0 Å². The largest absolute Gasteiger partial charge is 0.481 e. The highest BCUT2D eigenvalue weighted by atomic mass is 16.6. The van der Waals surface area contributed by atoms with Gasteiger partial charge in [-0.15, -0.1) is 0 Å². The van der Waals surface area contributed by atoms with Crippen molar-refractivity contribution in [2.24, 2.45) is 46.0 Å². The average molecular weight is 562 g/mol. The Kier molecular flexibility index (Phi) is 8.46. The summed E-state index contributed by atoms with van der Waals surface area (Å²) in [5, 5.41) is 10.6. The molecule has 0 spiro atoms. The number of piperidine rings is 1. The highest BCUT2D eigenvalue weighted by Gasteiger charge is 2.72. The molecule has 5 fully saturated rings. The van der Waals surface area contributed by atoms with Gasteiger partial charge in [-0.05, 0) is 100 Å². The second-order valence-electron chi connectivity index (χ2n) is 14.0. The first-order valence-corrected chi connectivity index (χ1v) is 15.9. The molecule has 5 N–H and O–H groups in total. The van der Waals surface area contributed by atoms with Gasteiger partial charge < -0.3 is 26.0 Å². The molecule has 9 nitrogen and oxygen atoms in total. The highest BCUT2D eigenvalue weighted by molar-refractivity contribution is 5.73. The third-order valence-corrected chi connectivity index (χ3v) is 12.3. The highest BCUT2D eigenvalue weighted by Crippen LogP contribution is 2.69. The summed E-state index contributed by atoms with van der Waals surface area (Å²) in [5.41, 5.74) is 11.7. The average Bonchev–Trinajstić information content (AvgIpc) is 3.22. The molecule has 0 bridgehead atoms. The van der Waals surface area contributed by atoms with E-state index in [-0.39, 0.29) is 17.8 Å². The number of fused-ring (bicyclic) bond motifs is 5. The van der Waals surface area contributed by atoms with E-state index in [2.05, 4.69) is 11.8 Å². The number of carboxylic acid groups (broad SMARTS) is 1. The van der Waals surface area contributed by atoms with E-state index in [1.807, 2.05) is 0 Å². The summed E-state index contributed by atoms with van der Waals surface area (Å²) in [4.78, 5) is 39.8. The molecule has 0 aromatic heterocycles. The van der Waals surface area contributed by atoms with Gasteiger partial charge in [-0.2, -0.15) is 0 Å². The van der Waals surface area contributed by atoms with Crippen LogP contribution in [0.25, 0.3) is 0 Å². The molecule has 1 amide bonds. The number of esters is 1. The smallest absolute Gasteiger partial charge is 0.404 e. The Bertz CT molecular complexity index is 971. The summed E-state index contributed by atoms with van der Waals surface area (Å²) >= 11 is 0. The van der Waals surface area contributed by atoms with Crippen molar-refractivity contribution in [3.05, 3.63) is 0 Å². The van der Waals surface area contributed by atoms with Crippen LogP contribution in [0.3, 0.4) is 0 Å². The minimum absolute atomic E-state index is 0.165. The van der Waals surface area contributed by atoms with Crippen LogP contribution in [0.5, 0.6) is 0 Å². The molecule has 226 valence electrons. The second kappa shape index (κ2) is 11.4. The van der Waals surface area contributed by atoms with Crippen molar-refractivity contribution in [3.8, 4) is 0 Å². The molecular weight excluding hydrogens is 510 g/mol. The lowest BCUT2D eigenvalue weighted by Gasteiger charge is -2.65. The quantitative estimate of drug-likeness (QED) is 0.369. The molecule has 0 aromatic carbocycles. The monoisotopic (exact) mass is 561 g/mol. The molecule has 1 heterocycles. The minimum atomic E-state index is -0.965. The lowest BCUT2D eigenvalue weighted by molar-refractivity contribution is -0.183. The fraction of sp³-hybridized carbons (Fsp3) is 0.903. The van der Waals surface area contributed by atoms with E-state index >= 15 is 0 Å². The van der Waals surface area contributed by atoms with Crippen LogP contribution in [-0.4, -0.2) is 65.4 Å². The predicted molar refractivity (Wildman–Crippen MR) is 150 cm³/mol. The normalized spacial score (nSPS) is 41.1. The lowest BCUT2D eigenvalue weighted by Crippen LogP contribution is -2.71. The van der Waals surface area contributed by atoms with E-state index in [1.54, 1.807) is 0 Å². The van der Waals surface area contributed by atoms with Crippen LogP contribution in [0.4, 0.5) is 4.79 Å². The SMILES string of the molecule is CC(=O)OC(CC(OC(N)=O)[C@]12CC[C@H]3[C@@H](CCC4CCCC[C@@]43C)[C@]1(N)CCC2C(=O)O)CN1CCCCC1. The van der Waals surface area contributed by atoms with E-state index in [4.69, 9.17) is 20.9 Å². The van der Waals surface area contributed by atoms with Crippen molar-refractivity contribution in [1.29, 1.82) is 0 Å². The van der Waals surface area contributed by atoms with Gasteiger partial charge in [0.05, 0.1) is 5.92 Å². The molecule has 4 unspecified atom stereocenters. The predicted octanol–water partition coefficient (Wildman–Crippen LogP) is 4.45. The molecule has 5 aliphatic rings. The molecule has 40 heavy (non-hydrogen) atoms. The summed E-state index contributed by atoms with van der Waals surface area (Å²) in [7, 11) is 0. The van der Waals surface area contributed by atoms with Crippen LogP contribution in [-0.2, 0) is 19.1 Å². The number of aliphatic carboxylic acids is 1. The third-order valence-electron chi connectivity index (χ3n) is 12.3. The van der Waals surface area contributed by atoms with Gasteiger partial charge in [0.2, 0.25) is 0 Å². The van der Waals surface area contributed by atoms with Gasteiger partial charge in [0.25, 0.3) is 0 Å². The number of amides is 1. The summed E-state index contributed by atoms with van der Waals surface area (Å²) in [6.45, 7) is 6.22. The first-order valence-electron chi connectivity index (χ1n) is 15.9. The first-order chi connectivity index (χ1) is 19.0. The number of likely N-dealkylation sites (tertiary alicyclic amines) is 1. The fourth-order valence-electron chi connectivity index (χ4n) is 10.7. The van der Waals surface area contributed by atoms with Crippen molar-refractivity contribution in [3.63, 3.8) is 0 Å². The topological polar surface area (TPSA) is 145 Å². The molecule has 9 heteroatoms. The Labute approximate surface area is 239 Å². The summed E-state index contributed by atoms with van der Waals surface area (Å²) in [6.07, 6.45) is 10.9. The molecular formula is C31H51N3O6. The zero-order valence-electron chi connectivity index (χ0n) is 24.6. The number of carbonyl (C=O) groups is 3. The molecule has 4 aliphatic carbocycles. The van der Waals surface area contributed by atoms with Crippen molar-refractivity contribution < 1.29 is 29.0 Å². The number of carboxylic acids is 1. The summed E-state index contributed by atoms with van der Waals surface area (Å²) in [5.74, 6) is -0.730. The van der Waals surface area contributed by atoms with Gasteiger partial charge >= 0.3 is 18.0 Å². The number of rotatable bonds is 8. The minimum Gasteiger partial charge on any atom is -0.481 e. The Morgan fingerprint density at radius 1 is 0.925 bits per heavy atom. The van der Waals surface area contributed by atoms with E-state index < -0.39 is 47.1 Å². The molecule has 9 atom stereocenters. The maximum atomic E-state index is 12.9. The number of hydrogen-bond donors (Lipinski definition) is 3. The number of primary amides is 1. The molecule has 5 rings (SSSR count). The van der Waals surface area contributed by atoms with Gasteiger partial charge in [0, 0.05) is 30.8 Å². The molecule has 0 radical (unpaired) electrons. The second-order valence-corrected chi connectivity index (χ2v) is 14.0. The standard InChI is InChI=1S/C31H51N3O6/c1-20(35)39-22(19-34-16-6-3-7-17-34)18-26(40-28(32)38)30-14-11-23-24(31(30,33)15-12-25(30)27(36)37)10-9-21-8-4-5-13-29(21,23)2/h21-26H,3-19,33H2,1-2H3,(H2,32,38)(H,36,37)/t21?,22?,23-,24+,25?,26?,29-,30+,31+/m0/s1. The maximum Gasteiger partial charge on any atom is 0.404 e. The van der Waals surface area contributed by atoms with Crippen molar-refractivity contribution in [2.45, 2.75) is 121 Å². The van der Waals surface area contributed by atoms with Gasteiger partial charge in [-0.1, -0.05) is 26.2 Å². The van der Waals surface area contributed by atoms with E-state index in [0.717, 1.165) is 45.2 Å². The number of nitrogens with zero attached hydrogens (tertiary/aromatic N) is 1. The molecule has 0 aromatic rings. The number of ether oxygens (including phenoxy) is 2. The first kappa shape index (κ1) is 29.6. The molecule has 4 saturated carbocycles. The summed E-state index contributed by atoms with van der Waals surface area (Å²) < 4.78 is 11.8. The zero-order chi connectivity index (χ0) is 28.7. The summed E-state index contributed by atoms with van der Waals surface area (Å²) in [6, 6.07) is 0. The van der Waals surface area contributed by atoms with Gasteiger partial charge in [-0.3, -0.25) is 14.5 Å². The van der Waals surface area contributed by atoms with Crippen LogP contribution in [0.2, 0.25) is 0 Å². The van der Waals surface area contributed by atoms with Crippen LogP contribution in [0, 0.1) is 34.5 Å². The van der Waals surface area contributed by atoms with Crippen molar-refractivity contribution in [2.75, 3.05) is 19.6 Å². The Morgan fingerprint density at radius 2 is 1.68 bits per heavy atom. The zero-order valence-corrected chi connectivity index (χ0v) is 24.6. The number of hydrogen-bond acceptors (Lipinski definition) is 7. The van der Waals surface area contributed by atoms with Crippen LogP contribution in [0.15, 0.2) is 0 Å². The maximum absolute atomic E-state index is 12.9. The Morgan fingerprint density at radius 3 is 2.35 bits per heavy atom. The number of carbonyl (C=O) groups excluding carboxylic acids is 2. The van der Waals surface area contributed by atoms with Gasteiger partial charge in [-0.25, -0.2) is 4.79 Å². The van der Waals surface area contributed by atoms with Crippen molar-refractivity contribution in [1.82, 2.24) is 4.90 Å². The third kappa shape index (κ3) is 5.03. The number of nitrogens with two attached hydrogens (primary N) is 2. The lowest BCUT2D eigenvalue weighted by atomic mass is 9.41. The van der Waals surface area contributed by atoms with E-state index in [1.165, 1.54) is 39.0 Å². The molecule has 1 aliphatic heterocycles. The van der Waals surface area contributed by atoms with Gasteiger partial charge in [0.1, 0.15) is 12.2 Å². The fourth-order valence-corrected chi connectivity index (χ4v) is 10.7. The van der Waals surface area contributed by atoms with Crippen LogP contribution in [0.1, 0.15) is 104 Å². The Balaban J connectivity index is 1.52.